The molecule has 0 saturated carbocycles. The number of carboxylic acid groups (broad SMARTS) is 1. The lowest BCUT2D eigenvalue weighted by Crippen LogP contribution is -2.45. The van der Waals surface area contributed by atoms with E-state index < -0.39 is 75.8 Å². The maximum absolute atomic E-state index is 15.5. The molecule has 0 atom stereocenters. The molecule has 10 aromatic carbocycles. The topological polar surface area (TPSA) is 298 Å². The number of piperidine rings is 3. The Labute approximate surface area is 853 Å². The molecule has 3 N–H and O–H groups in total. The average molecular weight is 2000 g/mol. The Hall–Kier alpha value is -14.0. The van der Waals surface area contributed by atoms with Crippen LogP contribution in [0, 0.1) is 0 Å². The zero-order chi connectivity index (χ0) is 102. The standard InChI is InChI=1S/C30H36FN3O4.C26H28FN3O4.C24H26FN3O2.C18H15ClN2O.C17H13ClN2O/c1-28(2,3)38-27(35)21-37-22-29(31)15-17-34(18-16-29)26-20-32-19-25(33-26)30(36-4,23-11-7-5-8-12-23)24-13-9-6-10-14-24;1-33-26(20-8-4-2-5-9-20,21-10-6-3-7-11-21)22-16-28-17-23(29-22)30-14-12-25(27,13-15-30)19-34-18-24(31)32;1-30-24(19-8-4-2-5-9-19,20-10-6-3-7-11-20)21-16-26-17-22(27-21)28-14-12-23(25,18-29)13-15-28;1-22-18(14-8-4-2-5-9-14,15-10-6-3-7-11-15)16-12-20-13-17(19)21-16;18-16-12-19-11-15(20-16)17(21,13-7-3-1-4-8-13)14-9-5-2-6-10-14/h5-14,19-20H,15-18,21-22H2,1-4H3;2-11,16-17H,12-15,18-19H2,1H3,(H,31,32);2-11,16-17,29H,12-15,18H2,1H3;2-13H,1H3;1-12,21H. The molecule has 0 unspecified atom stereocenters. The van der Waals surface area contributed by atoms with Gasteiger partial charge in [-0.05, 0) is 76.4 Å². The Morgan fingerprint density at radius 2 is 0.545 bits per heavy atom. The van der Waals surface area contributed by atoms with Crippen molar-refractivity contribution in [3.63, 3.8) is 0 Å². The number of aliphatic hydroxyl groups excluding tert-OH is 1. The van der Waals surface area contributed by atoms with E-state index in [1.165, 1.54) is 18.6 Å². The van der Waals surface area contributed by atoms with Crippen LogP contribution >= 0.6 is 23.2 Å². The van der Waals surface area contributed by atoms with Gasteiger partial charge >= 0.3 is 11.9 Å². The first kappa shape index (κ1) is 107. The molecule has 0 amide bonds. The van der Waals surface area contributed by atoms with E-state index in [0.29, 0.717) is 101 Å². The number of methoxy groups -OCH3 is 4. The minimum Gasteiger partial charge on any atom is -0.480 e. The summed E-state index contributed by atoms with van der Waals surface area (Å²) in [7, 11) is 6.67. The van der Waals surface area contributed by atoms with Crippen molar-refractivity contribution < 1.29 is 71.2 Å². The molecule has 0 spiro atoms. The normalized spacial score (nSPS) is 14.6. The predicted octanol–water partition coefficient (Wildman–Crippen LogP) is 20.1. The Morgan fingerprint density at radius 1 is 0.324 bits per heavy atom. The van der Waals surface area contributed by atoms with Crippen LogP contribution in [-0.4, -0.2) is 200 Å². The second-order valence-corrected chi connectivity index (χ2v) is 37.0. The number of esters is 1. The van der Waals surface area contributed by atoms with Gasteiger partial charge in [0.1, 0.15) is 92.1 Å². The van der Waals surface area contributed by atoms with E-state index >= 15 is 8.78 Å². The number of hydrogen-bond donors (Lipinski definition) is 3. The third-order valence-electron chi connectivity index (χ3n) is 25.8. The first-order valence-corrected chi connectivity index (χ1v) is 48.4. The summed E-state index contributed by atoms with van der Waals surface area (Å²) in [5, 5.41) is 30.0. The summed E-state index contributed by atoms with van der Waals surface area (Å²) in [5.41, 5.74) is 1.72. The van der Waals surface area contributed by atoms with Gasteiger partial charge in [0.15, 0.2) is 28.0 Å². The number of ether oxygens (including phenoxy) is 7. The van der Waals surface area contributed by atoms with Gasteiger partial charge in [-0.25, -0.2) is 47.7 Å². The smallest absolute Gasteiger partial charge is 0.332 e. The molecule has 30 heteroatoms. The number of anilines is 3. The van der Waals surface area contributed by atoms with Gasteiger partial charge in [0.05, 0.1) is 81.8 Å². The van der Waals surface area contributed by atoms with Gasteiger partial charge in [0.2, 0.25) is 0 Å². The molecule has 3 saturated heterocycles. The van der Waals surface area contributed by atoms with Crippen molar-refractivity contribution in [1.82, 2.24) is 49.8 Å². The maximum atomic E-state index is 15.5. The van der Waals surface area contributed by atoms with Gasteiger partial charge in [-0.3, -0.25) is 24.9 Å². The van der Waals surface area contributed by atoms with Crippen LogP contribution in [0.4, 0.5) is 30.6 Å². The van der Waals surface area contributed by atoms with Gasteiger partial charge in [-0.1, -0.05) is 327 Å². The molecule has 3 aliphatic heterocycles. The zero-order valence-corrected chi connectivity index (χ0v) is 83.4. The van der Waals surface area contributed by atoms with Gasteiger partial charge in [0.25, 0.3) is 0 Å². The number of alkyl halides is 3. The number of aromatic nitrogens is 10. The van der Waals surface area contributed by atoms with Crippen molar-refractivity contribution in [3.05, 3.63) is 460 Å². The highest BCUT2D eigenvalue weighted by atomic mass is 35.5. The molecule has 145 heavy (non-hydrogen) atoms. The number of carbonyl (C=O) groups excluding carboxylic acids is 1. The number of carboxylic acids is 1. The van der Waals surface area contributed by atoms with Crippen LogP contribution in [0.3, 0.4) is 0 Å². The second kappa shape index (κ2) is 49.5. The number of aliphatic hydroxyl groups is 2. The molecule has 3 fully saturated rings. The Bertz CT molecular complexity index is 6350. The summed E-state index contributed by atoms with van der Waals surface area (Å²) >= 11 is 12.0. The lowest BCUT2D eigenvalue weighted by atomic mass is 9.83. The monoisotopic (exact) mass is 2000 g/mol. The van der Waals surface area contributed by atoms with E-state index in [4.69, 9.17) is 76.4 Å². The Balaban J connectivity index is 0.000000146. The summed E-state index contributed by atoms with van der Waals surface area (Å²) in [6, 6.07) is 98.2. The fraction of sp³-hybridized carbons (Fsp3) is 0.287. The number of hydrogen-bond acceptors (Lipinski definition) is 24. The van der Waals surface area contributed by atoms with Gasteiger partial charge < -0.3 is 63.2 Å². The van der Waals surface area contributed by atoms with Crippen LogP contribution in [0.15, 0.2) is 365 Å². The SMILES string of the molecule is COC(c1ccccc1)(c1ccccc1)c1cncc(Cl)n1.COC(c1ccccc1)(c1ccccc1)c1cncc(N2CCC(F)(CO)CC2)n1.COC(c1ccccc1)(c1ccccc1)c1cncc(N2CCC(F)(COCC(=O)O)CC2)n1.COC(c1ccccc1)(c1ccccc1)c1cncc(N2CCC(F)(COCC(=O)OC(C)(C)C)CC2)n1.OC(c1ccccc1)(c1ccccc1)c1cncc(Cl)n1. The minimum absolute atomic E-state index is 0.152. The van der Waals surface area contributed by atoms with E-state index in [1.54, 1.807) is 92.6 Å². The highest BCUT2D eigenvalue weighted by Gasteiger charge is 2.46. The number of aliphatic carboxylic acids is 1. The highest BCUT2D eigenvalue weighted by Crippen LogP contribution is 2.46. The first-order valence-electron chi connectivity index (χ1n) is 47.6. The van der Waals surface area contributed by atoms with Crippen molar-refractivity contribution in [3.8, 4) is 0 Å². The number of carbonyl (C=O) groups is 2. The number of nitrogens with zero attached hydrogens (tertiary/aromatic N) is 13. The molecule has 0 radical (unpaired) electrons. The quantitative estimate of drug-likeness (QED) is 0.0340. The van der Waals surface area contributed by atoms with Crippen LogP contribution < -0.4 is 14.7 Å². The molecule has 3 aliphatic rings. The van der Waals surface area contributed by atoms with Crippen molar-refractivity contribution >= 4 is 52.6 Å². The molecule has 8 heterocycles. The lowest BCUT2D eigenvalue weighted by molar-refractivity contribution is -0.161. The summed E-state index contributed by atoms with van der Waals surface area (Å²) in [4.78, 5) is 73.7. The zero-order valence-electron chi connectivity index (χ0n) is 81.9. The summed E-state index contributed by atoms with van der Waals surface area (Å²) in [6.07, 6.45) is 17.9. The number of benzene rings is 10. The maximum Gasteiger partial charge on any atom is 0.332 e. The van der Waals surface area contributed by atoms with Crippen LogP contribution in [0.2, 0.25) is 10.3 Å². The number of halogens is 5. The summed E-state index contributed by atoms with van der Waals surface area (Å²) in [5.74, 6) is 0.378. The third-order valence-corrected chi connectivity index (χ3v) is 26.1. The Kier molecular flexibility index (Phi) is 36.5. The van der Waals surface area contributed by atoms with Crippen LogP contribution in [-0.2, 0) is 70.8 Å². The predicted molar refractivity (Wildman–Crippen MR) is 552 cm³/mol. The average Bonchev–Trinajstić information content (AvgIpc) is 0.735. The van der Waals surface area contributed by atoms with Crippen LogP contribution in [0.5, 0.6) is 0 Å². The van der Waals surface area contributed by atoms with Crippen molar-refractivity contribution in [2.75, 3.05) is 115 Å². The van der Waals surface area contributed by atoms with Crippen LogP contribution in [0.1, 0.15) is 143 Å². The van der Waals surface area contributed by atoms with Crippen LogP contribution in [0.25, 0.3) is 0 Å². The van der Waals surface area contributed by atoms with E-state index in [2.05, 4.69) is 34.9 Å². The van der Waals surface area contributed by atoms with E-state index in [-0.39, 0.29) is 63.5 Å². The minimum atomic E-state index is -1.55. The molecular formula is C115H118Cl2F3N13O12. The fourth-order valence-corrected chi connectivity index (χ4v) is 18.6. The van der Waals surface area contributed by atoms with E-state index in [0.717, 1.165) is 44.5 Å². The summed E-state index contributed by atoms with van der Waals surface area (Å²) in [6.45, 7) is 6.45. The number of rotatable bonds is 31. The molecule has 0 aliphatic carbocycles. The van der Waals surface area contributed by atoms with E-state index in [9.17, 15) is 24.2 Å². The Morgan fingerprint density at radius 3 is 0.779 bits per heavy atom. The van der Waals surface area contributed by atoms with Crippen molar-refractivity contribution in [2.24, 2.45) is 0 Å². The van der Waals surface area contributed by atoms with Crippen molar-refractivity contribution in [1.29, 1.82) is 0 Å². The molecule has 18 rings (SSSR count). The molecule has 5 aromatic heterocycles. The molecule has 750 valence electrons. The molecule has 25 nitrogen and oxygen atoms in total. The molecular weight excluding hydrogens is 1880 g/mol. The summed E-state index contributed by atoms with van der Waals surface area (Å²) < 4.78 is 85.2. The third kappa shape index (κ3) is 25.7. The highest BCUT2D eigenvalue weighted by molar-refractivity contribution is 6.29. The molecule has 0 bridgehead atoms. The van der Waals surface area contributed by atoms with Gasteiger partial charge in [0, 0.05) is 106 Å². The van der Waals surface area contributed by atoms with Gasteiger partial charge in [-0.15, -0.1) is 0 Å². The first-order chi connectivity index (χ1) is 70.2. The second-order valence-electron chi connectivity index (χ2n) is 36.2. The largest absolute Gasteiger partial charge is 0.480 e. The fourth-order valence-electron chi connectivity index (χ4n) is 18.3. The van der Waals surface area contributed by atoms with Crippen molar-refractivity contribution in [2.45, 2.75) is 110 Å². The van der Waals surface area contributed by atoms with E-state index in [1.807, 2.05) is 318 Å². The lowest BCUT2D eigenvalue weighted by Gasteiger charge is -2.37. The molecule has 15 aromatic rings. The van der Waals surface area contributed by atoms with Gasteiger partial charge in [-0.2, -0.15) is 0 Å².